The first kappa shape index (κ1) is 18.2. The minimum atomic E-state index is -3.51. The highest BCUT2D eigenvalue weighted by Crippen LogP contribution is 2.30. The number of hydrogen-bond acceptors (Lipinski definition) is 5. The summed E-state index contributed by atoms with van der Waals surface area (Å²) in [5, 5.41) is 5.89. The smallest absolute Gasteiger partial charge is 0.245 e. The van der Waals surface area contributed by atoms with Gasteiger partial charge in [-0.3, -0.25) is 4.79 Å². The topological polar surface area (TPSA) is 84.5 Å². The van der Waals surface area contributed by atoms with Gasteiger partial charge in [0.15, 0.2) is 14.6 Å². The third-order valence-electron chi connectivity index (χ3n) is 5.25. The molecule has 1 heterocycles. The lowest BCUT2D eigenvalue weighted by Gasteiger charge is -2.34. The number of carbonyl (C=O) groups excluding carboxylic acids is 1. The maximum Gasteiger partial charge on any atom is 0.245 e. The largest absolute Gasteiger partial charge is 0.490 e. The molecule has 2 fully saturated rings. The molecule has 138 valence electrons. The van der Waals surface area contributed by atoms with Gasteiger partial charge in [0, 0.05) is 11.9 Å². The fraction of sp³-hybridized carbons (Fsp3) is 0.611. The zero-order valence-corrected chi connectivity index (χ0v) is 15.4. The molecular weight excluding hydrogens is 340 g/mol. The molecule has 2 N–H and O–H groups in total. The van der Waals surface area contributed by atoms with Crippen LogP contribution in [-0.2, 0) is 14.6 Å². The molecule has 1 aromatic rings. The lowest BCUT2D eigenvalue weighted by atomic mass is 9.95. The van der Waals surface area contributed by atoms with E-state index in [1.165, 1.54) is 12.8 Å². The van der Waals surface area contributed by atoms with Gasteiger partial charge in [0.2, 0.25) is 5.91 Å². The zero-order valence-electron chi connectivity index (χ0n) is 14.6. The average Bonchev–Trinajstić information content (AvgIpc) is 3.09. The van der Waals surface area contributed by atoms with Crippen molar-refractivity contribution >= 4 is 21.4 Å². The van der Waals surface area contributed by atoms with Gasteiger partial charge in [-0.2, -0.15) is 0 Å². The first-order valence-corrected chi connectivity index (χ1v) is 10.8. The summed E-state index contributed by atoms with van der Waals surface area (Å²) in [7, 11) is -3.51. The number of piperidine rings is 1. The van der Waals surface area contributed by atoms with Crippen molar-refractivity contribution in [1.82, 2.24) is 5.32 Å². The van der Waals surface area contributed by atoms with Crippen LogP contribution >= 0.6 is 0 Å². The summed E-state index contributed by atoms with van der Waals surface area (Å²) in [5.74, 6) is 0.338. The van der Waals surface area contributed by atoms with Gasteiger partial charge < -0.3 is 15.4 Å². The molecule has 1 saturated heterocycles. The van der Waals surface area contributed by atoms with Crippen LogP contribution in [0.1, 0.15) is 38.5 Å². The Balaban J connectivity index is 1.69. The van der Waals surface area contributed by atoms with Crippen LogP contribution in [0, 0.1) is 0 Å². The zero-order chi connectivity index (χ0) is 17.9. The third kappa shape index (κ3) is 3.98. The molecule has 1 saturated carbocycles. The molecule has 7 heteroatoms. The molecular formula is C18H26N2O4S. The predicted octanol–water partition coefficient (Wildman–Crippen LogP) is 2.11. The second-order valence-corrected chi connectivity index (χ2v) is 9.35. The van der Waals surface area contributed by atoms with Crippen LogP contribution in [0.3, 0.4) is 0 Å². The van der Waals surface area contributed by atoms with Crippen molar-refractivity contribution < 1.29 is 17.9 Å². The average molecular weight is 366 g/mol. The summed E-state index contributed by atoms with van der Waals surface area (Å²) >= 11 is 0. The highest BCUT2D eigenvalue weighted by Gasteiger charge is 2.48. The molecule has 0 radical (unpaired) electrons. The van der Waals surface area contributed by atoms with E-state index < -0.39 is 20.5 Å². The molecule has 2 aliphatic rings. The molecule has 1 aromatic carbocycles. The van der Waals surface area contributed by atoms with Crippen LogP contribution < -0.4 is 15.4 Å². The molecule has 1 amide bonds. The van der Waals surface area contributed by atoms with Gasteiger partial charge in [-0.05, 0) is 75.9 Å². The lowest BCUT2D eigenvalue weighted by Crippen LogP contribution is -2.55. The lowest BCUT2D eigenvalue weighted by molar-refractivity contribution is -0.119. The van der Waals surface area contributed by atoms with Crippen LogP contribution in [-0.4, -0.2) is 44.5 Å². The fourth-order valence-electron chi connectivity index (χ4n) is 3.66. The Morgan fingerprint density at radius 2 is 1.76 bits per heavy atom. The summed E-state index contributed by atoms with van der Waals surface area (Å²) in [6, 6.07) is 7.17. The van der Waals surface area contributed by atoms with E-state index in [-0.39, 0.29) is 6.10 Å². The quantitative estimate of drug-likeness (QED) is 0.834. The number of benzene rings is 1. The van der Waals surface area contributed by atoms with E-state index in [9.17, 15) is 13.2 Å². The van der Waals surface area contributed by atoms with E-state index in [0.29, 0.717) is 31.6 Å². The molecule has 1 aliphatic carbocycles. The van der Waals surface area contributed by atoms with Crippen molar-refractivity contribution in [3.05, 3.63) is 24.3 Å². The van der Waals surface area contributed by atoms with E-state index in [0.717, 1.165) is 24.8 Å². The van der Waals surface area contributed by atoms with Gasteiger partial charge in [0.05, 0.1) is 6.10 Å². The summed E-state index contributed by atoms with van der Waals surface area (Å²) < 4.78 is 29.1. The van der Waals surface area contributed by atoms with Crippen molar-refractivity contribution in [2.75, 3.05) is 24.7 Å². The van der Waals surface area contributed by atoms with E-state index in [4.69, 9.17) is 4.74 Å². The Morgan fingerprint density at radius 3 is 2.32 bits per heavy atom. The molecule has 0 atom stereocenters. The molecule has 3 rings (SSSR count). The number of nitrogens with one attached hydrogen (secondary N) is 2. The third-order valence-corrected chi connectivity index (χ3v) is 7.27. The van der Waals surface area contributed by atoms with Gasteiger partial charge in [0.1, 0.15) is 5.75 Å². The van der Waals surface area contributed by atoms with Gasteiger partial charge in [0.25, 0.3) is 0 Å². The number of ether oxygens (including phenoxy) is 1. The van der Waals surface area contributed by atoms with Crippen molar-refractivity contribution in [2.45, 2.75) is 49.4 Å². The molecule has 0 aromatic heterocycles. The molecule has 1 aliphatic heterocycles. The number of amides is 1. The number of anilines is 1. The van der Waals surface area contributed by atoms with Crippen LogP contribution in [0.4, 0.5) is 5.69 Å². The summed E-state index contributed by atoms with van der Waals surface area (Å²) in [6.45, 7) is 1.04. The summed E-state index contributed by atoms with van der Waals surface area (Å²) in [5.41, 5.74) is 0.588. The number of hydrogen-bond donors (Lipinski definition) is 2. The maximum atomic E-state index is 12.8. The number of rotatable bonds is 5. The monoisotopic (exact) mass is 366 g/mol. The second-order valence-electron chi connectivity index (χ2n) is 7.02. The molecule has 0 unspecified atom stereocenters. The Morgan fingerprint density at radius 1 is 1.16 bits per heavy atom. The van der Waals surface area contributed by atoms with E-state index in [2.05, 4.69) is 10.6 Å². The Kier molecular flexibility index (Phi) is 5.34. The SMILES string of the molecule is CS(=O)(=O)C1(C(=O)Nc2ccc(OC3CCCC3)cc2)CCNCC1. The van der Waals surface area contributed by atoms with Crippen LogP contribution in [0.25, 0.3) is 0 Å². The minimum absolute atomic E-state index is 0.281. The summed E-state index contributed by atoms with van der Waals surface area (Å²) in [4.78, 5) is 12.8. The van der Waals surface area contributed by atoms with Gasteiger partial charge in [-0.15, -0.1) is 0 Å². The minimum Gasteiger partial charge on any atom is -0.490 e. The van der Waals surface area contributed by atoms with Crippen molar-refractivity contribution in [3.63, 3.8) is 0 Å². The van der Waals surface area contributed by atoms with Crippen molar-refractivity contribution in [3.8, 4) is 5.75 Å². The Labute approximate surface area is 149 Å². The molecule has 6 nitrogen and oxygen atoms in total. The molecule has 25 heavy (non-hydrogen) atoms. The van der Waals surface area contributed by atoms with E-state index in [1.807, 2.05) is 12.1 Å². The normalized spacial score (nSPS) is 21.0. The van der Waals surface area contributed by atoms with Crippen molar-refractivity contribution in [1.29, 1.82) is 0 Å². The first-order chi connectivity index (χ1) is 11.9. The van der Waals surface area contributed by atoms with Crippen LogP contribution in [0.5, 0.6) is 5.75 Å². The van der Waals surface area contributed by atoms with Crippen LogP contribution in [0.15, 0.2) is 24.3 Å². The van der Waals surface area contributed by atoms with Gasteiger partial charge in [-0.25, -0.2) is 8.42 Å². The Bertz CT molecular complexity index is 703. The fourth-order valence-corrected chi connectivity index (χ4v) is 4.99. The maximum absolute atomic E-state index is 12.8. The summed E-state index contributed by atoms with van der Waals surface area (Å²) in [6.07, 6.45) is 6.61. The van der Waals surface area contributed by atoms with Gasteiger partial charge in [-0.1, -0.05) is 0 Å². The Hall–Kier alpha value is -1.60. The van der Waals surface area contributed by atoms with Crippen molar-refractivity contribution in [2.24, 2.45) is 0 Å². The number of carbonyl (C=O) groups is 1. The van der Waals surface area contributed by atoms with Crippen LogP contribution in [0.2, 0.25) is 0 Å². The van der Waals surface area contributed by atoms with E-state index >= 15 is 0 Å². The van der Waals surface area contributed by atoms with Gasteiger partial charge >= 0.3 is 0 Å². The first-order valence-electron chi connectivity index (χ1n) is 8.89. The molecule has 0 bridgehead atoms. The highest BCUT2D eigenvalue weighted by atomic mass is 32.2. The predicted molar refractivity (Wildman–Crippen MR) is 97.6 cm³/mol. The number of sulfone groups is 1. The van der Waals surface area contributed by atoms with E-state index in [1.54, 1.807) is 12.1 Å². The second kappa shape index (κ2) is 7.33. The molecule has 0 spiro atoms. The standard InChI is InChI=1S/C18H26N2O4S/c1-25(22,23)18(10-12-19-13-11-18)17(21)20-14-6-8-16(9-7-14)24-15-4-2-3-5-15/h6-9,15,19H,2-5,10-13H2,1H3,(H,20,21). The highest BCUT2D eigenvalue weighted by molar-refractivity contribution is 7.92.